The van der Waals surface area contributed by atoms with E-state index in [9.17, 15) is 9.59 Å². The number of hydrogen-bond acceptors (Lipinski definition) is 3. The Labute approximate surface area is 168 Å². The van der Waals surface area contributed by atoms with E-state index in [1.54, 1.807) is 54.6 Å². The molecule has 0 fully saturated rings. The minimum absolute atomic E-state index is 0.200. The van der Waals surface area contributed by atoms with E-state index in [1.165, 1.54) is 6.21 Å². The number of hydrogen-bond donors (Lipinski definition) is 2. The summed E-state index contributed by atoms with van der Waals surface area (Å²) in [5.41, 5.74) is 5.91. The summed E-state index contributed by atoms with van der Waals surface area (Å²) in [5, 5.41) is 7.37. The second-order valence-corrected chi connectivity index (χ2v) is 6.59. The van der Waals surface area contributed by atoms with Crippen LogP contribution in [-0.2, 0) is 0 Å². The van der Waals surface area contributed by atoms with Gasteiger partial charge in [0.2, 0.25) is 0 Å². The lowest BCUT2D eigenvalue weighted by Crippen LogP contribution is -2.17. The molecule has 0 saturated carbocycles. The van der Waals surface area contributed by atoms with E-state index in [4.69, 9.17) is 11.6 Å². The van der Waals surface area contributed by atoms with Crippen molar-refractivity contribution < 1.29 is 9.59 Å². The molecule has 0 atom stereocenters. The van der Waals surface area contributed by atoms with Gasteiger partial charge in [-0.2, -0.15) is 5.10 Å². The number of nitrogens with one attached hydrogen (secondary N) is 2. The third kappa shape index (κ3) is 5.28. The SMILES string of the molecule is Cc1cccc(C(=O)Nc2ccc(C(=O)N/N=C\c3ccc(Cl)cc3)cc2)c1. The maximum Gasteiger partial charge on any atom is 0.271 e. The zero-order valence-electron chi connectivity index (χ0n) is 15.1. The molecule has 3 rings (SSSR count). The van der Waals surface area contributed by atoms with Gasteiger partial charge < -0.3 is 5.32 Å². The standard InChI is InChI=1S/C22H18ClN3O2/c1-15-3-2-4-18(13-15)21(27)25-20-11-7-17(8-12-20)22(28)26-24-14-16-5-9-19(23)10-6-16/h2-14H,1H3,(H,25,27)(H,26,28)/b24-14-. The van der Waals surface area contributed by atoms with Crippen molar-refractivity contribution in [3.05, 3.63) is 100 Å². The number of aryl methyl sites for hydroxylation is 1. The van der Waals surface area contributed by atoms with Crippen LogP contribution < -0.4 is 10.7 Å². The third-order valence-electron chi connectivity index (χ3n) is 3.93. The summed E-state index contributed by atoms with van der Waals surface area (Å²) < 4.78 is 0. The molecule has 0 radical (unpaired) electrons. The van der Waals surface area contributed by atoms with Gasteiger partial charge in [0.25, 0.3) is 11.8 Å². The third-order valence-corrected chi connectivity index (χ3v) is 4.19. The van der Waals surface area contributed by atoms with Crippen LogP contribution in [0.15, 0.2) is 77.9 Å². The smallest absolute Gasteiger partial charge is 0.271 e. The summed E-state index contributed by atoms with van der Waals surface area (Å²) in [7, 11) is 0. The molecule has 3 aromatic carbocycles. The highest BCUT2D eigenvalue weighted by molar-refractivity contribution is 6.30. The number of carbonyl (C=O) groups is 2. The van der Waals surface area contributed by atoms with Crippen molar-refractivity contribution in [1.29, 1.82) is 0 Å². The molecule has 0 saturated heterocycles. The average molecular weight is 392 g/mol. The van der Waals surface area contributed by atoms with Crippen molar-refractivity contribution in [2.45, 2.75) is 6.92 Å². The zero-order chi connectivity index (χ0) is 19.9. The Hall–Kier alpha value is -3.44. The van der Waals surface area contributed by atoms with E-state index >= 15 is 0 Å². The summed E-state index contributed by atoms with van der Waals surface area (Å²) in [6, 6.07) is 21.0. The number of nitrogens with zero attached hydrogens (tertiary/aromatic N) is 1. The van der Waals surface area contributed by atoms with Crippen molar-refractivity contribution in [1.82, 2.24) is 5.43 Å². The Morgan fingerprint density at radius 2 is 1.61 bits per heavy atom. The maximum absolute atomic E-state index is 12.3. The molecule has 0 unspecified atom stereocenters. The Balaban J connectivity index is 1.58. The molecular formula is C22H18ClN3O2. The van der Waals surface area contributed by atoms with Crippen molar-refractivity contribution in [2.24, 2.45) is 5.10 Å². The molecule has 0 heterocycles. The second-order valence-electron chi connectivity index (χ2n) is 6.15. The Morgan fingerprint density at radius 3 is 2.29 bits per heavy atom. The van der Waals surface area contributed by atoms with Gasteiger partial charge >= 0.3 is 0 Å². The van der Waals surface area contributed by atoms with E-state index in [0.717, 1.165) is 11.1 Å². The fraction of sp³-hybridized carbons (Fsp3) is 0.0455. The van der Waals surface area contributed by atoms with Gasteiger partial charge in [-0.25, -0.2) is 5.43 Å². The lowest BCUT2D eigenvalue weighted by Gasteiger charge is -2.07. The monoisotopic (exact) mass is 391 g/mol. The minimum Gasteiger partial charge on any atom is -0.322 e. The van der Waals surface area contributed by atoms with E-state index < -0.39 is 0 Å². The normalized spacial score (nSPS) is 10.6. The summed E-state index contributed by atoms with van der Waals surface area (Å²) in [6.07, 6.45) is 1.53. The molecule has 6 heteroatoms. The Bertz CT molecular complexity index is 1010. The molecule has 3 aromatic rings. The molecule has 140 valence electrons. The predicted octanol–water partition coefficient (Wildman–Crippen LogP) is 4.66. The molecule has 0 spiro atoms. The van der Waals surface area contributed by atoms with Crippen molar-refractivity contribution >= 4 is 35.3 Å². The van der Waals surface area contributed by atoms with Gasteiger partial charge in [0.1, 0.15) is 0 Å². The van der Waals surface area contributed by atoms with Gasteiger partial charge in [0.15, 0.2) is 0 Å². The van der Waals surface area contributed by atoms with Crippen LogP contribution in [0, 0.1) is 6.92 Å². The van der Waals surface area contributed by atoms with Crippen LogP contribution >= 0.6 is 11.6 Å². The van der Waals surface area contributed by atoms with Crippen molar-refractivity contribution in [2.75, 3.05) is 5.32 Å². The zero-order valence-corrected chi connectivity index (χ0v) is 15.9. The van der Waals surface area contributed by atoms with Gasteiger partial charge in [0.05, 0.1) is 6.21 Å². The Kier molecular flexibility index (Phi) is 6.19. The highest BCUT2D eigenvalue weighted by atomic mass is 35.5. The molecule has 5 nitrogen and oxygen atoms in total. The Morgan fingerprint density at radius 1 is 0.893 bits per heavy atom. The van der Waals surface area contributed by atoms with Gasteiger partial charge in [0, 0.05) is 21.8 Å². The first-order valence-corrected chi connectivity index (χ1v) is 8.96. The van der Waals surface area contributed by atoms with Gasteiger partial charge in [-0.05, 0) is 61.0 Å². The summed E-state index contributed by atoms with van der Waals surface area (Å²) in [6.45, 7) is 1.93. The summed E-state index contributed by atoms with van der Waals surface area (Å²) in [5.74, 6) is -0.546. The van der Waals surface area contributed by atoms with E-state index in [-0.39, 0.29) is 11.8 Å². The molecule has 0 aliphatic carbocycles. The molecule has 2 N–H and O–H groups in total. The highest BCUT2D eigenvalue weighted by Gasteiger charge is 2.08. The van der Waals surface area contributed by atoms with Gasteiger partial charge in [-0.1, -0.05) is 41.4 Å². The highest BCUT2D eigenvalue weighted by Crippen LogP contribution is 2.12. The molecular weight excluding hydrogens is 374 g/mol. The van der Waals surface area contributed by atoms with Crippen LogP contribution in [0.4, 0.5) is 5.69 Å². The van der Waals surface area contributed by atoms with Gasteiger partial charge in [-0.15, -0.1) is 0 Å². The first-order valence-electron chi connectivity index (χ1n) is 8.58. The topological polar surface area (TPSA) is 70.6 Å². The fourth-order valence-corrected chi connectivity index (χ4v) is 2.60. The van der Waals surface area contributed by atoms with Crippen LogP contribution in [-0.4, -0.2) is 18.0 Å². The van der Waals surface area contributed by atoms with Crippen LogP contribution in [0.5, 0.6) is 0 Å². The van der Waals surface area contributed by atoms with Crippen molar-refractivity contribution in [3.8, 4) is 0 Å². The predicted molar refractivity (Wildman–Crippen MR) is 112 cm³/mol. The lowest BCUT2D eigenvalue weighted by molar-refractivity contribution is 0.0954. The first kappa shape index (κ1) is 19.3. The van der Waals surface area contributed by atoms with Crippen LogP contribution in [0.3, 0.4) is 0 Å². The van der Waals surface area contributed by atoms with Crippen LogP contribution in [0.25, 0.3) is 0 Å². The molecule has 28 heavy (non-hydrogen) atoms. The van der Waals surface area contributed by atoms with Crippen molar-refractivity contribution in [3.63, 3.8) is 0 Å². The number of amides is 2. The van der Waals surface area contributed by atoms with E-state index in [0.29, 0.717) is 21.8 Å². The van der Waals surface area contributed by atoms with E-state index in [1.807, 2.05) is 25.1 Å². The van der Waals surface area contributed by atoms with E-state index in [2.05, 4.69) is 15.8 Å². The van der Waals surface area contributed by atoms with Crippen LogP contribution in [0.2, 0.25) is 5.02 Å². The molecule has 0 aliphatic rings. The minimum atomic E-state index is -0.346. The molecule has 0 bridgehead atoms. The quantitative estimate of drug-likeness (QED) is 0.490. The fourth-order valence-electron chi connectivity index (χ4n) is 2.47. The summed E-state index contributed by atoms with van der Waals surface area (Å²) >= 11 is 5.82. The molecule has 0 aliphatic heterocycles. The largest absolute Gasteiger partial charge is 0.322 e. The number of rotatable bonds is 5. The first-order chi connectivity index (χ1) is 13.5. The maximum atomic E-state index is 12.3. The number of halogens is 1. The molecule has 0 aromatic heterocycles. The van der Waals surface area contributed by atoms with Crippen LogP contribution in [0.1, 0.15) is 31.8 Å². The second kappa shape index (κ2) is 8.97. The lowest BCUT2D eigenvalue weighted by atomic mass is 10.1. The van der Waals surface area contributed by atoms with Gasteiger partial charge in [-0.3, -0.25) is 9.59 Å². The number of anilines is 1. The molecule has 2 amide bonds. The summed E-state index contributed by atoms with van der Waals surface area (Å²) in [4.78, 5) is 24.4. The number of benzene rings is 3. The number of hydrazone groups is 1. The average Bonchev–Trinajstić information content (AvgIpc) is 2.70. The number of carbonyl (C=O) groups excluding carboxylic acids is 2.